The lowest BCUT2D eigenvalue weighted by molar-refractivity contribution is -0.143. The lowest BCUT2D eigenvalue weighted by Gasteiger charge is -2.31. The Labute approximate surface area is 156 Å². The predicted octanol–water partition coefficient (Wildman–Crippen LogP) is 3.41. The van der Waals surface area contributed by atoms with Gasteiger partial charge in [-0.1, -0.05) is 24.6 Å². The molecule has 1 aromatic heterocycles. The summed E-state index contributed by atoms with van der Waals surface area (Å²) in [6.07, 6.45) is -2.24. The number of carbonyl (C=O) groups excluding carboxylic acids is 1. The zero-order chi connectivity index (χ0) is 19.6. The van der Waals surface area contributed by atoms with E-state index in [1.165, 1.54) is 0 Å². The molecule has 0 spiro atoms. The number of nitrogens with zero attached hydrogens (tertiary/aromatic N) is 3. The van der Waals surface area contributed by atoms with Crippen molar-refractivity contribution in [2.75, 3.05) is 19.6 Å². The average molecular weight is 380 g/mol. The number of rotatable bonds is 4. The quantitative estimate of drug-likeness (QED) is 0.884. The van der Waals surface area contributed by atoms with Crippen LogP contribution in [0.25, 0.3) is 5.69 Å². The Morgan fingerprint density at radius 2 is 1.85 bits per heavy atom. The third-order valence-electron chi connectivity index (χ3n) is 4.93. The van der Waals surface area contributed by atoms with Crippen molar-refractivity contribution in [2.45, 2.75) is 38.9 Å². The molecule has 0 atom stereocenters. The Morgan fingerprint density at radius 3 is 2.41 bits per heavy atom. The van der Waals surface area contributed by atoms with E-state index in [2.05, 4.69) is 22.2 Å². The highest BCUT2D eigenvalue weighted by Crippen LogP contribution is 2.33. The monoisotopic (exact) mass is 380 g/mol. The first-order valence-corrected chi connectivity index (χ1v) is 9.05. The van der Waals surface area contributed by atoms with Gasteiger partial charge in [0.2, 0.25) is 0 Å². The molecule has 2 aromatic rings. The zero-order valence-electron chi connectivity index (χ0n) is 15.4. The number of benzene rings is 1. The highest BCUT2D eigenvalue weighted by molar-refractivity contribution is 5.95. The van der Waals surface area contributed by atoms with Gasteiger partial charge in [-0.2, -0.15) is 18.3 Å². The number of hydrogen-bond acceptors (Lipinski definition) is 3. The van der Waals surface area contributed by atoms with E-state index in [0.717, 1.165) is 48.9 Å². The van der Waals surface area contributed by atoms with Crippen molar-refractivity contribution in [3.63, 3.8) is 0 Å². The number of aryl methyl sites for hydroxylation is 1. The SMILES string of the molecule is CCN1CCC(NC(=O)c2cnn(-c3ccc(C)cc3)c2C(F)(F)F)CC1. The minimum atomic E-state index is -4.69. The van der Waals surface area contributed by atoms with Crippen molar-refractivity contribution in [1.29, 1.82) is 0 Å². The summed E-state index contributed by atoms with van der Waals surface area (Å²) in [5.74, 6) is -0.726. The third-order valence-corrected chi connectivity index (χ3v) is 4.93. The Kier molecular flexibility index (Phi) is 5.55. The zero-order valence-corrected chi connectivity index (χ0v) is 15.4. The van der Waals surface area contributed by atoms with Crippen molar-refractivity contribution in [3.05, 3.63) is 47.3 Å². The van der Waals surface area contributed by atoms with Gasteiger partial charge >= 0.3 is 6.18 Å². The fraction of sp³-hybridized carbons (Fsp3) is 0.474. The normalized spacial score (nSPS) is 16.5. The van der Waals surface area contributed by atoms with Gasteiger partial charge in [-0.15, -0.1) is 0 Å². The Morgan fingerprint density at radius 1 is 1.22 bits per heavy atom. The topological polar surface area (TPSA) is 50.2 Å². The fourth-order valence-corrected chi connectivity index (χ4v) is 3.33. The number of aromatic nitrogens is 2. The Balaban J connectivity index is 1.85. The molecule has 1 saturated heterocycles. The molecule has 1 amide bonds. The van der Waals surface area contributed by atoms with Crippen LogP contribution in [-0.2, 0) is 6.18 Å². The molecule has 0 unspecified atom stereocenters. The van der Waals surface area contributed by atoms with Gasteiger partial charge in [0.25, 0.3) is 5.91 Å². The number of alkyl halides is 3. The molecule has 0 aliphatic carbocycles. The molecule has 3 rings (SSSR count). The van der Waals surface area contributed by atoms with Gasteiger partial charge in [0, 0.05) is 19.1 Å². The van der Waals surface area contributed by atoms with E-state index in [-0.39, 0.29) is 11.7 Å². The van der Waals surface area contributed by atoms with Crippen molar-refractivity contribution < 1.29 is 18.0 Å². The maximum atomic E-state index is 13.7. The summed E-state index contributed by atoms with van der Waals surface area (Å²) in [4.78, 5) is 14.8. The summed E-state index contributed by atoms with van der Waals surface area (Å²) < 4.78 is 41.9. The first-order chi connectivity index (χ1) is 12.8. The molecule has 27 heavy (non-hydrogen) atoms. The first-order valence-electron chi connectivity index (χ1n) is 9.05. The number of halogens is 3. The Hall–Kier alpha value is -2.35. The van der Waals surface area contributed by atoms with E-state index in [9.17, 15) is 18.0 Å². The van der Waals surface area contributed by atoms with Crippen molar-refractivity contribution in [3.8, 4) is 5.69 Å². The average Bonchev–Trinajstić information content (AvgIpc) is 3.09. The van der Waals surface area contributed by atoms with Crippen LogP contribution in [-0.4, -0.2) is 46.3 Å². The van der Waals surface area contributed by atoms with E-state index >= 15 is 0 Å². The number of carbonyl (C=O) groups is 1. The molecular weight excluding hydrogens is 357 g/mol. The molecule has 8 heteroatoms. The molecular formula is C19H23F3N4O. The minimum absolute atomic E-state index is 0.121. The molecule has 1 N–H and O–H groups in total. The van der Waals surface area contributed by atoms with Crippen LogP contribution < -0.4 is 5.32 Å². The summed E-state index contributed by atoms with van der Waals surface area (Å²) in [6, 6.07) is 6.40. The van der Waals surface area contributed by atoms with Crippen LogP contribution in [0.4, 0.5) is 13.2 Å². The van der Waals surface area contributed by atoms with Gasteiger partial charge in [0.1, 0.15) is 0 Å². The third kappa shape index (κ3) is 4.32. The van der Waals surface area contributed by atoms with Crippen LogP contribution in [0, 0.1) is 6.92 Å². The van der Waals surface area contributed by atoms with Gasteiger partial charge in [-0.25, -0.2) is 4.68 Å². The number of piperidine rings is 1. The molecule has 1 aromatic carbocycles. The van der Waals surface area contributed by atoms with Crippen LogP contribution >= 0.6 is 0 Å². The molecule has 146 valence electrons. The summed E-state index contributed by atoms with van der Waals surface area (Å²) in [5.41, 5.74) is -0.296. The molecule has 2 heterocycles. The molecule has 0 saturated carbocycles. The Bertz CT molecular complexity index is 790. The summed E-state index contributed by atoms with van der Waals surface area (Å²) >= 11 is 0. The molecule has 0 radical (unpaired) electrons. The van der Waals surface area contributed by atoms with Gasteiger partial charge in [-0.05, 0) is 38.4 Å². The lowest BCUT2D eigenvalue weighted by Crippen LogP contribution is -2.44. The van der Waals surface area contributed by atoms with Crippen LogP contribution in [0.5, 0.6) is 0 Å². The predicted molar refractivity (Wildman–Crippen MR) is 95.9 cm³/mol. The summed E-state index contributed by atoms with van der Waals surface area (Å²) in [6.45, 7) is 6.50. The van der Waals surface area contributed by atoms with Gasteiger partial charge in [-0.3, -0.25) is 4.79 Å². The maximum Gasteiger partial charge on any atom is 0.434 e. The first kappa shape index (κ1) is 19.4. The van der Waals surface area contributed by atoms with Crippen molar-refractivity contribution >= 4 is 5.91 Å². The second-order valence-corrected chi connectivity index (χ2v) is 6.83. The van der Waals surface area contributed by atoms with Crippen LogP contribution in [0.3, 0.4) is 0 Å². The second kappa shape index (κ2) is 7.72. The fourth-order valence-electron chi connectivity index (χ4n) is 3.33. The number of likely N-dealkylation sites (tertiary alicyclic amines) is 1. The van der Waals surface area contributed by atoms with E-state index < -0.39 is 23.3 Å². The maximum absolute atomic E-state index is 13.7. The van der Waals surface area contributed by atoms with E-state index in [0.29, 0.717) is 0 Å². The summed E-state index contributed by atoms with van der Waals surface area (Å²) in [7, 11) is 0. The number of amides is 1. The smallest absolute Gasteiger partial charge is 0.349 e. The highest BCUT2D eigenvalue weighted by Gasteiger charge is 2.41. The lowest BCUT2D eigenvalue weighted by atomic mass is 10.0. The van der Waals surface area contributed by atoms with Gasteiger partial charge in [0.15, 0.2) is 5.69 Å². The molecule has 5 nitrogen and oxygen atoms in total. The molecule has 1 aliphatic rings. The highest BCUT2D eigenvalue weighted by atomic mass is 19.4. The van der Waals surface area contributed by atoms with Crippen molar-refractivity contribution in [2.24, 2.45) is 0 Å². The molecule has 0 bridgehead atoms. The van der Waals surface area contributed by atoms with Crippen LogP contribution in [0.15, 0.2) is 30.5 Å². The van der Waals surface area contributed by atoms with Gasteiger partial charge in [0.05, 0.1) is 17.4 Å². The van der Waals surface area contributed by atoms with E-state index in [1.54, 1.807) is 24.3 Å². The van der Waals surface area contributed by atoms with Crippen molar-refractivity contribution in [1.82, 2.24) is 20.0 Å². The summed E-state index contributed by atoms with van der Waals surface area (Å²) in [5, 5.41) is 6.60. The van der Waals surface area contributed by atoms with E-state index in [4.69, 9.17) is 0 Å². The number of hydrogen-bond donors (Lipinski definition) is 1. The van der Waals surface area contributed by atoms with Crippen LogP contribution in [0.2, 0.25) is 0 Å². The second-order valence-electron chi connectivity index (χ2n) is 6.83. The minimum Gasteiger partial charge on any atom is -0.349 e. The molecule has 1 fully saturated rings. The van der Waals surface area contributed by atoms with Gasteiger partial charge < -0.3 is 10.2 Å². The van der Waals surface area contributed by atoms with Crippen LogP contribution in [0.1, 0.15) is 41.4 Å². The standard InChI is InChI=1S/C19H23F3N4O/c1-3-25-10-8-14(9-11-25)24-18(27)16-12-23-26(17(16)19(20,21)22)15-6-4-13(2)5-7-15/h4-7,12,14H,3,8-11H2,1-2H3,(H,24,27). The molecule has 1 aliphatic heterocycles. The number of nitrogens with one attached hydrogen (secondary N) is 1. The van der Waals surface area contributed by atoms with E-state index in [1.807, 2.05) is 6.92 Å². The largest absolute Gasteiger partial charge is 0.434 e.